The molecule has 0 bridgehead atoms. The molecule has 0 saturated heterocycles. The number of ether oxygens (including phenoxy) is 1. The first-order valence-corrected chi connectivity index (χ1v) is 12.1. The van der Waals surface area contributed by atoms with Crippen LogP contribution in [0.25, 0.3) is 0 Å². The fourth-order valence-electron chi connectivity index (χ4n) is 3.31. The molecule has 0 aliphatic heterocycles. The van der Waals surface area contributed by atoms with Gasteiger partial charge in [-0.25, -0.2) is 9.98 Å². The third kappa shape index (κ3) is 7.00. The van der Waals surface area contributed by atoms with Crippen LogP contribution >= 0.6 is 11.6 Å². The van der Waals surface area contributed by atoms with Gasteiger partial charge in [-0.1, -0.05) is 31.9 Å². The first kappa shape index (κ1) is 25.6. The van der Waals surface area contributed by atoms with Crippen LogP contribution in [0.2, 0.25) is 5.02 Å². The van der Waals surface area contributed by atoms with Crippen LogP contribution < -0.4 is 4.74 Å². The second-order valence-corrected chi connectivity index (χ2v) is 9.22. The van der Waals surface area contributed by atoms with Crippen LogP contribution in [0.3, 0.4) is 0 Å². The van der Waals surface area contributed by atoms with E-state index in [9.17, 15) is 5.11 Å². The minimum Gasteiger partial charge on any atom is -0.508 e. The van der Waals surface area contributed by atoms with Crippen molar-refractivity contribution in [1.82, 2.24) is 15.0 Å². The van der Waals surface area contributed by atoms with Crippen LogP contribution in [0.1, 0.15) is 69.0 Å². The first-order valence-electron chi connectivity index (χ1n) is 11.7. The molecule has 0 atom stereocenters. The molecule has 1 aliphatic rings. The highest BCUT2D eigenvalue weighted by atomic mass is 35.5. The van der Waals surface area contributed by atoms with Crippen molar-refractivity contribution in [3.8, 4) is 11.6 Å². The van der Waals surface area contributed by atoms with E-state index < -0.39 is 0 Å². The zero-order chi connectivity index (χ0) is 24.7. The topological polar surface area (TPSA) is 80.5 Å². The maximum absolute atomic E-state index is 9.60. The Morgan fingerprint density at radius 3 is 2.47 bits per heavy atom. The smallest absolute Gasteiger partial charge is 0.243 e. The molecule has 34 heavy (non-hydrogen) atoms. The number of nitrogens with zero attached hydrogens (tertiary/aromatic N) is 4. The lowest BCUT2D eigenvalue weighted by atomic mass is 10.1. The van der Waals surface area contributed by atoms with Gasteiger partial charge in [-0.15, -0.1) is 0 Å². The molecular formula is C27H33ClN4O2. The predicted octanol–water partition coefficient (Wildman–Crippen LogP) is 6.95. The van der Waals surface area contributed by atoms with Gasteiger partial charge in [-0.05, 0) is 82.3 Å². The fourth-order valence-corrected chi connectivity index (χ4v) is 3.60. The molecule has 2 heterocycles. The monoisotopic (exact) mass is 480 g/mol. The van der Waals surface area contributed by atoms with E-state index in [1.807, 2.05) is 19.2 Å². The summed E-state index contributed by atoms with van der Waals surface area (Å²) < 4.78 is 6.06. The summed E-state index contributed by atoms with van der Waals surface area (Å²) in [4.78, 5) is 17.5. The molecule has 0 spiro atoms. The molecule has 1 N–H and O–H groups in total. The maximum atomic E-state index is 9.60. The Morgan fingerprint density at radius 1 is 1.12 bits per heavy atom. The molecule has 2 aromatic heterocycles. The maximum Gasteiger partial charge on any atom is 0.243 e. The second-order valence-electron chi connectivity index (χ2n) is 8.82. The second kappa shape index (κ2) is 11.4. The summed E-state index contributed by atoms with van der Waals surface area (Å²) >= 11 is 6.32. The molecule has 1 fully saturated rings. The van der Waals surface area contributed by atoms with Gasteiger partial charge < -0.3 is 9.84 Å². The van der Waals surface area contributed by atoms with Gasteiger partial charge in [-0.3, -0.25) is 4.98 Å². The highest BCUT2D eigenvalue weighted by Gasteiger charge is 2.41. The number of aromatic nitrogens is 3. The molecule has 0 unspecified atom stereocenters. The third-order valence-corrected chi connectivity index (χ3v) is 5.91. The molecule has 4 rings (SSSR count). The Kier molecular flexibility index (Phi) is 8.61. The first-order chi connectivity index (χ1) is 16.2. The van der Waals surface area contributed by atoms with Gasteiger partial charge in [0.15, 0.2) is 0 Å². The van der Waals surface area contributed by atoms with Crippen LogP contribution in [0.5, 0.6) is 11.6 Å². The summed E-state index contributed by atoms with van der Waals surface area (Å²) in [6.07, 6.45) is 8.08. The minimum atomic E-state index is -0.147. The Hall–Kier alpha value is -2.99. The Balaban J connectivity index is 0.000000302. The van der Waals surface area contributed by atoms with Gasteiger partial charge in [0.25, 0.3) is 0 Å². The summed E-state index contributed by atoms with van der Waals surface area (Å²) in [6, 6.07) is 9.05. The molecule has 180 valence electrons. The SMILES string of the molecule is CCCC(=Nc1c(C)ncnc1OC1(C)CC1)c1ccc(O)cc1Cl.CCc1cc(C)ccn1. The number of hydrogen-bond acceptors (Lipinski definition) is 6. The average Bonchev–Trinajstić information content (AvgIpc) is 3.52. The van der Waals surface area contributed by atoms with E-state index in [2.05, 4.69) is 48.7 Å². The number of phenolic OH excluding ortho intramolecular Hbond substituents is 1. The Bertz CT molecular complexity index is 1160. The predicted molar refractivity (Wildman–Crippen MR) is 138 cm³/mol. The number of rotatable bonds is 7. The van der Waals surface area contributed by atoms with Crippen LogP contribution in [-0.2, 0) is 6.42 Å². The highest BCUT2D eigenvalue weighted by molar-refractivity contribution is 6.34. The summed E-state index contributed by atoms with van der Waals surface area (Å²) in [5.41, 5.74) is 5.36. The number of halogens is 1. The standard InChI is InChI=1S/C19H22ClN3O2.C8H11N/c1-4-5-16(14-7-6-13(24)10-15(14)20)23-17-12(2)21-11-22-18(17)25-19(3)8-9-19;1-3-8-6-7(2)4-5-9-8/h6-7,10-11,24H,4-5,8-9H2,1-3H3;4-6H,3H2,1-2H3. The highest BCUT2D eigenvalue weighted by Crippen LogP contribution is 2.42. The van der Waals surface area contributed by atoms with Gasteiger partial charge in [0.2, 0.25) is 5.88 Å². The van der Waals surface area contributed by atoms with Gasteiger partial charge in [-0.2, -0.15) is 4.98 Å². The van der Waals surface area contributed by atoms with E-state index in [1.54, 1.807) is 12.1 Å². The molecular weight excluding hydrogens is 448 g/mol. The number of aromatic hydroxyl groups is 1. The summed E-state index contributed by atoms with van der Waals surface area (Å²) in [5, 5.41) is 10.1. The lowest BCUT2D eigenvalue weighted by Crippen LogP contribution is -2.14. The summed E-state index contributed by atoms with van der Waals surface area (Å²) in [7, 11) is 0. The zero-order valence-corrected chi connectivity index (χ0v) is 21.4. The van der Waals surface area contributed by atoms with E-state index in [1.165, 1.54) is 23.7 Å². The van der Waals surface area contributed by atoms with Crippen molar-refractivity contribution >= 4 is 23.0 Å². The van der Waals surface area contributed by atoms with Crippen molar-refractivity contribution in [1.29, 1.82) is 0 Å². The number of hydrogen-bond donors (Lipinski definition) is 1. The zero-order valence-electron chi connectivity index (χ0n) is 20.6. The van der Waals surface area contributed by atoms with Crippen molar-refractivity contribution in [2.24, 2.45) is 4.99 Å². The normalized spacial score (nSPS) is 14.2. The van der Waals surface area contributed by atoms with E-state index in [4.69, 9.17) is 21.3 Å². The molecule has 3 aromatic rings. The molecule has 6 nitrogen and oxygen atoms in total. The van der Waals surface area contributed by atoms with Crippen molar-refractivity contribution in [3.05, 3.63) is 70.4 Å². The van der Waals surface area contributed by atoms with Crippen molar-refractivity contribution in [3.63, 3.8) is 0 Å². The minimum absolute atomic E-state index is 0.134. The number of phenols is 1. The Morgan fingerprint density at radius 2 is 1.88 bits per heavy atom. The van der Waals surface area contributed by atoms with Crippen LogP contribution in [0.4, 0.5) is 5.69 Å². The van der Waals surface area contributed by atoms with Crippen LogP contribution in [0.15, 0.2) is 47.8 Å². The van der Waals surface area contributed by atoms with Gasteiger partial charge >= 0.3 is 0 Å². The fraction of sp³-hybridized carbons (Fsp3) is 0.407. The van der Waals surface area contributed by atoms with Crippen LogP contribution in [0, 0.1) is 13.8 Å². The summed E-state index contributed by atoms with van der Waals surface area (Å²) in [6.45, 7) is 10.2. The number of aliphatic imine (C=N–C) groups is 1. The molecule has 1 aliphatic carbocycles. The lowest BCUT2D eigenvalue weighted by Gasteiger charge is -2.15. The van der Waals surface area contributed by atoms with E-state index >= 15 is 0 Å². The third-order valence-electron chi connectivity index (χ3n) is 5.60. The van der Waals surface area contributed by atoms with Crippen molar-refractivity contribution < 1.29 is 9.84 Å². The van der Waals surface area contributed by atoms with Gasteiger partial charge in [0.1, 0.15) is 23.4 Å². The number of aryl methyl sites for hydroxylation is 3. The van der Waals surface area contributed by atoms with Crippen molar-refractivity contribution in [2.75, 3.05) is 0 Å². The lowest BCUT2D eigenvalue weighted by molar-refractivity contribution is 0.192. The molecule has 1 saturated carbocycles. The molecule has 0 radical (unpaired) electrons. The average molecular weight is 481 g/mol. The quantitative estimate of drug-likeness (QED) is 0.370. The van der Waals surface area contributed by atoms with Gasteiger partial charge in [0.05, 0.1) is 16.4 Å². The number of benzene rings is 1. The number of pyridine rings is 1. The summed E-state index contributed by atoms with van der Waals surface area (Å²) in [5.74, 6) is 0.644. The van der Waals surface area contributed by atoms with E-state index in [0.717, 1.165) is 49.1 Å². The van der Waals surface area contributed by atoms with E-state index in [-0.39, 0.29) is 11.4 Å². The molecule has 0 amide bonds. The van der Waals surface area contributed by atoms with Crippen molar-refractivity contribution in [2.45, 2.75) is 72.3 Å². The van der Waals surface area contributed by atoms with Crippen LogP contribution in [-0.4, -0.2) is 31.4 Å². The van der Waals surface area contributed by atoms with E-state index in [0.29, 0.717) is 16.6 Å². The molecule has 7 heteroatoms. The van der Waals surface area contributed by atoms with Gasteiger partial charge in [0, 0.05) is 17.5 Å². The largest absolute Gasteiger partial charge is 0.508 e. The molecule has 1 aromatic carbocycles. The Labute approximate surface area is 207 Å².